The third-order valence-electron chi connectivity index (χ3n) is 5.99. The van der Waals surface area contributed by atoms with Crippen molar-refractivity contribution >= 4 is 27.3 Å². The van der Waals surface area contributed by atoms with E-state index in [1.54, 1.807) is 49.4 Å². The van der Waals surface area contributed by atoms with Crippen LogP contribution in [0.5, 0.6) is 0 Å². The third-order valence-corrected chi connectivity index (χ3v) is 7.50. The standard InChI is InChI=1S/C26H29FN4O3S/c1-18-7-8-19(2)25(15-18)35(33,34)30-23-16-20(9-10-24(23)31-13-11-28-12-14-31)26(32)29-17-21-5-3-4-6-22(21)27/h3-10,15-16,28,30H,11-14,17H2,1-2H3,(H,29,32). The maximum absolute atomic E-state index is 13.9. The quantitative estimate of drug-likeness (QED) is 0.465. The summed E-state index contributed by atoms with van der Waals surface area (Å²) < 4.78 is 43.4. The van der Waals surface area contributed by atoms with Crippen molar-refractivity contribution in [3.8, 4) is 0 Å². The molecule has 0 aromatic heterocycles. The Bertz CT molecular complexity index is 1340. The van der Waals surface area contributed by atoms with Gasteiger partial charge in [-0.05, 0) is 55.3 Å². The highest BCUT2D eigenvalue weighted by Gasteiger charge is 2.23. The van der Waals surface area contributed by atoms with Gasteiger partial charge in [0, 0.05) is 43.9 Å². The molecule has 0 aliphatic carbocycles. The number of sulfonamides is 1. The summed E-state index contributed by atoms with van der Waals surface area (Å²) in [5.74, 6) is -0.823. The molecule has 4 rings (SSSR count). The van der Waals surface area contributed by atoms with Crippen molar-refractivity contribution in [3.05, 3.63) is 88.7 Å². The number of piperazine rings is 1. The number of hydrogen-bond acceptors (Lipinski definition) is 5. The average molecular weight is 497 g/mol. The zero-order chi connectivity index (χ0) is 25.0. The number of amides is 1. The lowest BCUT2D eigenvalue weighted by molar-refractivity contribution is 0.0950. The summed E-state index contributed by atoms with van der Waals surface area (Å²) in [6, 6.07) is 16.4. The van der Waals surface area contributed by atoms with E-state index < -0.39 is 21.7 Å². The van der Waals surface area contributed by atoms with E-state index in [1.165, 1.54) is 12.1 Å². The number of anilines is 2. The summed E-state index contributed by atoms with van der Waals surface area (Å²) >= 11 is 0. The van der Waals surface area contributed by atoms with Crippen LogP contribution in [0.15, 0.2) is 65.6 Å². The van der Waals surface area contributed by atoms with Gasteiger partial charge in [0.2, 0.25) is 0 Å². The predicted octanol–water partition coefficient (Wildman–Crippen LogP) is 3.58. The Labute approximate surface area is 205 Å². The number of nitrogens with one attached hydrogen (secondary N) is 3. The molecule has 184 valence electrons. The van der Waals surface area contributed by atoms with E-state index >= 15 is 0 Å². The van der Waals surface area contributed by atoms with Crippen LogP contribution in [0.4, 0.5) is 15.8 Å². The second-order valence-corrected chi connectivity index (χ2v) is 10.3. The molecule has 7 nitrogen and oxygen atoms in total. The number of hydrogen-bond donors (Lipinski definition) is 3. The molecular formula is C26H29FN4O3S. The summed E-state index contributed by atoms with van der Waals surface area (Å²) in [4.78, 5) is 15.1. The summed E-state index contributed by atoms with van der Waals surface area (Å²) in [6.45, 7) is 6.56. The fraction of sp³-hybridized carbons (Fsp3) is 0.269. The molecule has 3 N–H and O–H groups in total. The van der Waals surface area contributed by atoms with Crippen molar-refractivity contribution in [3.63, 3.8) is 0 Å². The van der Waals surface area contributed by atoms with Gasteiger partial charge in [0.05, 0.1) is 16.3 Å². The van der Waals surface area contributed by atoms with Crippen LogP contribution in [0.1, 0.15) is 27.0 Å². The Kier molecular flexibility index (Phi) is 7.37. The summed E-state index contributed by atoms with van der Waals surface area (Å²) in [5.41, 5.74) is 3.13. The number of carbonyl (C=O) groups is 1. The van der Waals surface area contributed by atoms with Gasteiger partial charge >= 0.3 is 0 Å². The molecule has 1 saturated heterocycles. The van der Waals surface area contributed by atoms with Gasteiger partial charge in [0.25, 0.3) is 15.9 Å². The fourth-order valence-corrected chi connectivity index (χ4v) is 5.45. The molecule has 0 unspecified atom stereocenters. The van der Waals surface area contributed by atoms with Crippen LogP contribution >= 0.6 is 0 Å². The lowest BCUT2D eigenvalue weighted by Gasteiger charge is -2.31. The molecule has 9 heteroatoms. The summed E-state index contributed by atoms with van der Waals surface area (Å²) in [6.07, 6.45) is 0. The number of rotatable bonds is 7. The molecule has 3 aromatic carbocycles. The highest BCUT2D eigenvalue weighted by Crippen LogP contribution is 2.31. The highest BCUT2D eigenvalue weighted by molar-refractivity contribution is 7.92. The van der Waals surface area contributed by atoms with Crippen LogP contribution in [0.3, 0.4) is 0 Å². The molecule has 0 saturated carbocycles. The van der Waals surface area contributed by atoms with Gasteiger partial charge in [-0.3, -0.25) is 9.52 Å². The van der Waals surface area contributed by atoms with Gasteiger partial charge in [-0.25, -0.2) is 12.8 Å². The monoisotopic (exact) mass is 496 g/mol. The molecule has 3 aromatic rings. The Morgan fingerprint density at radius 3 is 2.51 bits per heavy atom. The largest absolute Gasteiger partial charge is 0.367 e. The number of nitrogens with zero attached hydrogens (tertiary/aromatic N) is 1. The Hall–Kier alpha value is -3.43. The van der Waals surface area contributed by atoms with E-state index in [1.807, 2.05) is 13.0 Å². The minimum atomic E-state index is -3.90. The Balaban J connectivity index is 1.65. The molecule has 35 heavy (non-hydrogen) atoms. The first-order valence-corrected chi connectivity index (χ1v) is 12.9. The van der Waals surface area contributed by atoms with E-state index in [4.69, 9.17) is 0 Å². The van der Waals surface area contributed by atoms with Crippen molar-refractivity contribution in [1.82, 2.24) is 10.6 Å². The number of halogens is 1. The number of benzene rings is 3. The Morgan fingerprint density at radius 2 is 1.77 bits per heavy atom. The third kappa shape index (κ3) is 5.80. The SMILES string of the molecule is Cc1ccc(C)c(S(=O)(=O)Nc2cc(C(=O)NCc3ccccc3F)ccc2N2CCNCC2)c1. The van der Waals surface area contributed by atoms with Gasteiger partial charge in [0.1, 0.15) is 5.82 Å². The van der Waals surface area contributed by atoms with Crippen molar-refractivity contribution in [2.24, 2.45) is 0 Å². The zero-order valence-electron chi connectivity index (χ0n) is 19.8. The molecule has 0 atom stereocenters. The van der Waals surface area contributed by atoms with Crippen LogP contribution in [0, 0.1) is 19.7 Å². The Morgan fingerprint density at radius 1 is 1.03 bits per heavy atom. The highest BCUT2D eigenvalue weighted by atomic mass is 32.2. The van der Waals surface area contributed by atoms with E-state index in [2.05, 4.69) is 20.3 Å². The van der Waals surface area contributed by atoms with E-state index in [0.29, 0.717) is 35.6 Å². The van der Waals surface area contributed by atoms with E-state index in [0.717, 1.165) is 18.7 Å². The average Bonchev–Trinajstić information content (AvgIpc) is 2.85. The van der Waals surface area contributed by atoms with Crippen molar-refractivity contribution in [2.45, 2.75) is 25.3 Å². The van der Waals surface area contributed by atoms with Crippen molar-refractivity contribution in [1.29, 1.82) is 0 Å². The van der Waals surface area contributed by atoms with Gasteiger partial charge in [-0.2, -0.15) is 0 Å². The van der Waals surface area contributed by atoms with Crippen LogP contribution in [-0.2, 0) is 16.6 Å². The van der Waals surface area contributed by atoms with Gasteiger partial charge in [0.15, 0.2) is 0 Å². The summed E-state index contributed by atoms with van der Waals surface area (Å²) in [5, 5.41) is 6.00. The molecule has 1 heterocycles. The molecule has 1 fully saturated rings. The minimum absolute atomic E-state index is 0.0224. The maximum Gasteiger partial charge on any atom is 0.262 e. The van der Waals surface area contributed by atoms with Crippen molar-refractivity contribution in [2.75, 3.05) is 35.8 Å². The lowest BCUT2D eigenvalue weighted by atomic mass is 10.1. The zero-order valence-corrected chi connectivity index (χ0v) is 20.6. The van der Waals surface area contributed by atoms with Crippen LogP contribution in [-0.4, -0.2) is 40.5 Å². The molecule has 0 bridgehead atoms. The predicted molar refractivity (Wildman–Crippen MR) is 136 cm³/mol. The van der Waals surface area contributed by atoms with Gasteiger partial charge in [-0.15, -0.1) is 0 Å². The maximum atomic E-state index is 13.9. The fourth-order valence-electron chi connectivity index (χ4n) is 4.06. The lowest BCUT2D eigenvalue weighted by Crippen LogP contribution is -2.43. The first kappa shape index (κ1) is 24.7. The second-order valence-electron chi connectivity index (χ2n) is 8.62. The molecule has 0 spiro atoms. The summed E-state index contributed by atoms with van der Waals surface area (Å²) in [7, 11) is -3.90. The normalized spacial score (nSPS) is 14.0. The number of carbonyl (C=O) groups excluding carboxylic acids is 1. The molecule has 1 amide bonds. The van der Waals surface area contributed by atoms with E-state index in [9.17, 15) is 17.6 Å². The first-order valence-electron chi connectivity index (χ1n) is 11.5. The minimum Gasteiger partial charge on any atom is -0.367 e. The molecule has 1 aliphatic rings. The molecule has 0 radical (unpaired) electrons. The molecular weight excluding hydrogens is 467 g/mol. The van der Waals surface area contributed by atoms with Gasteiger partial charge < -0.3 is 15.5 Å². The van der Waals surface area contributed by atoms with Crippen molar-refractivity contribution < 1.29 is 17.6 Å². The van der Waals surface area contributed by atoms with Gasteiger partial charge in [-0.1, -0.05) is 30.3 Å². The first-order chi connectivity index (χ1) is 16.7. The number of aryl methyl sites for hydroxylation is 2. The van der Waals surface area contributed by atoms with E-state index in [-0.39, 0.29) is 17.0 Å². The smallest absolute Gasteiger partial charge is 0.262 e. The second kappa shape index (κ2) is 10.5. The molecule has 1 aliphatic heterocycles. The topological polar surface area (TPSA) is 90.5 Å². The van der Waals surface area contributed by atoms with Crippen LogP contribution in [0.2, 0.25) is 0 Å². The van der Waals surface area contributed by atoms with Crippen LogP contribution < -0.4 is 20.3 Å². The van der Waals surface area contributed by atoms with Crippen LogP contribution in [0.25, 0.3) is 0 Å².